The molecule has 132 valence electrons. The normalized spacial score (nSPS) is 19.9. The van der Waals surface area contributed by atoms with Crippen LogP contribution in [0.2, 0.25) is 0 Å². The van der Waals surface area contributed by atoms with Crippen molar-refractivity contribution in [2.45, 2.75) is 32.4 Å². The molecule has 7 nitrogen and oxygen atoms in total. The minimum Gasteiger partial charge on any atom is -0.340 e. The van der Waals surface area contributed by atoms with Crippen molar-refractivity contribution in [1.82, 2.24) is 20.5 Å². The summed E-state index contributed by atoms with van der Waals surface area (Å²) in [6.07, 6.45) is 2.05. The van der Waals surface area contributed by atoms with Gasteiger partial charge in [-0.3, -0.25) is 14.7 Å². The van der Waals surface area contributed by atoms with Gasteiger partial charge in [0.15, 0.2) is 5.65 Å². The first-order chi connectivity index (χ1) is 12.5. The monoisotopic (exact) mass is 349 g/mol. The fraction of sp³-hybridized carbons (Fsp3) is 0.263. The lowest BCUT2D eigenvalue weighted by Crippen LogP contribution is -2.42. The van der Waals surface area contributed by atoms with Gasteiger partial charge in [-0.15, -0.1) is 0 Å². The van der Waals surface area contributed by atoms with Crippen molar-refractivity contribution in [3.63, 3.8) is 0 Å². The summed E-state index contributed by atoms with van der Waals surface area (Å²) >= 11 is 0. The molecule has 2 aromatic heterocycles. The van der Waals surface area contributed by atoms with Crippen LogP contribution in [0.5, 0.6) is 0 Å². The van der Waals surface area contributed by atoms with E-state index in [1.54, 1.807) is 11.0 Å². The van der Waals surface area contributed by atoms with Crippen molar-refractivity contribution < 1.29 is 9.59 Å². The number of aromatic nitrogens is 3. The summed E-state index contributed by atoms with van der Waals surface area (Å²) < 4.78 is 0. The Kier molecular flexibility index (Phi) is 3.91. The van der Waals surface area contributed by atoms with Crippen LogP contribution in [0.4, 0.5) is 5.69 Å². The van der Waals surface area contributed by atoms with Crippen LogP contribution in [0.3, 0.4) is 0 Å². The molecular weight excluding hydrogens is 330 g/mol. The number of hydrogen-bond donors (Lipinski definition) is 2. The van der Waals surface area contributed by atoms with Crippen molar-refractivity contribution in [2.75, 3.05) is 4.90 Å². The van der Waals surface area contributed by atoms with Crippen molar-refractivity contribution in [3.05, 3.63) is 53.9 Å². The predicted octanol–water partition coefficient (Wildman–Crippen LogP) is 2.19. The van der Waals surface area contributed by atoms with Gasteiger partial charge in [0, 0.05) is 29.0 Å². The SMILES string of the molecule is Cc1[nH]nc2ncc(C(=O)N[C@@H]3C[C@H](C)N(c4ccccc4)C3=O)cc12. The second kappa shape index (κ2) is 6.25. The molecule has 1 aliphatic heterocycles. The molecule has 0 spiro atoms. The Balaban J connectivity index is 1.54. The number of aryl methyl sites for hydroxylation is 1. The minimum atomic E-state index is -0.543. The summed E-state index contributed by atoms with van der Waals surface area (Å²) in [5.41, 5.74) is 2.68. The number of para-hydroxylation sites is 1. The number of aromatic amines is 1. The number of amides is 2. The maximum Gasteiger partial charge on any atom is 0.253 e. The molecule has 0 radical (unpaired) electrons. The average molecular weight is 349 g/mol. The van der Waals surface area contributed by atoms with Crippen LogP contribution < -0.4 is 10.2 Å². The van der Waals surface area contributed by atoms with Gasteiger partial charge in [-0.25, -0.2) is 4.98 Å². The highest BCUT2D eigenvalue weighted by Gasteiger charge is 2.38. The van der Waals surface area contributed by atoms with Gasteiger partial charge >= 0.3 is 0 Å². The molecule has 7 heteroatoms. The molecule has 0 unspecified atom stereocenters. The summed E-state index contributed by atoms with van der Waals surface area (Å²) in [6.45, 7) is 3.86. The molecule has 4 rings (SSSR count). The Hall–Kier alpha value is -3.22. The van der Waals surface area contributed by atoms with Crippen LogP contribution in [0.15, 0.2) is 42.6 Å². The Labute approximate surface area is 150 Å². The number of nitrogens with one attached hydrogen (secondary N) is 2. The molecule has 2 atom stereocenters. The van der Waals surface area contributed by atoms with E-state index in [4.69, 9.17) is 0 Å². The Morgan fingerprint density at radius 1 is 1.31 bits per heavy atom. The summed E-state index contributed by atoms with van der Waals surface area (Å²) in [6, 6.07) is 10.7. The number of carbonyl (C=O) groups is 2. The number of H-pyrrole nitrogens is 1. The molecule has 2 N–H and O–H groups in total. The van der Waals surface area contributed by atoms with Crippen molar-refractivity contribution in [2.24, 2.45) is 0 Å². The lowest BCUT2D eigenvalue weighted by atomic mass is 10.1. The van der Waals surface area contributed by atoms with E-state index in [2.05, 4.69) is 20.5 Å². The molecule has 3 aromatic rings. The number of nitrogens with zero attached hydrogens (tertiary/aromatic N) is 3. The summed E-state index contributed by atoms with van der Waals surface area (Å²) in [5, 5.41) is 10.6. The number of anilines is 1. The zero-order chi connectivity index (χ0) is 18.3. The maximum absolute atomic E-state index is 12.8. The molecule has 0 aliphatic carbocycles. The number of pyridine rings is 1. The van der Waals surface area contributed by atoms with Gasteiger partial charge in [-0.05, 0) is 38.5 Å². The number of hydrogen-bond acceptors (Lipinski definition) is 4. The third kappa shape index (κ3) is 2.71. The first-order valence-electron chi connectivity index (χ1n) is 8.54. The summed E-state index contributed by atoms with van der Waals surface area (Å²) in [5.74, 6) is -0.397. The van der Waals surface area contributed by atoms with E-state index in [9.17, 15) is 9.59 Å². The molecular formula is C19H19N5O2. The molecule has 1 aliphatic rings. The van der Waals surface area contributed by atoms with Gasteiger partial charge in [0.2, 0.25) is 5.91 Å². The van der Waals surface area contributed by atoms with Gasteiger partial charge in [0.05, 0.1) is 5.56 Å². The number of carbonyl (C=O) groups excluding carboxylic acids is 2. The fourth-order valence-electron chi connectivity index (χ4n) is 3.41. The van der Waals surface area contributed by atoms with Crippen LogP contribution in [0.1, 0.15) is 29.4 Å². The van der Waals surface area contributed by atoms with Crippen LogP contribution in [0.25, 0.3) is 11.0 Å². The van der Waals surface area contributed by atoms with Crippen molar-refractivity contribution >= 4 is 28.5 Å². The molecule has 1 saturated heterocycles. The van der Waals surface area contributed by atoms with Crippen LogP contribution >= 0.6 is 0 Å². The van der Waals surface area contributed by atoms with Gasteiger partial charge in [-0.2, -0.15) is 5.10 Å². The van der Waals surface area contributed by atoms with E-state index < -0.39 is 6.04 Å². The Morgan fingerprint density at radius 2 is 2.08 bits per heavy atom. The topological polar surface area (TPSA) is 91.0 Å². The second-order valence-corrected chi connectivity index (χ2v) is 6.60. The third-order valence-electron chi connectivity index (χ3n) is 4.76. The quantitative estimate of drug-likeness (QED) is 0.758. The van der Waals surface area contributed by atoms with E-state index in [1.165, 1.54) is 6.20 Å². The highest BCUT2D eigenvalue weighted by Crippen LogP contribution is 2.26. The van der Waals surface area contributed by atoms with Crippen LogP contribution in [-0.4, -0.2) is 39.1 Å². The van der Waals surface area contributed by atoms with Crippen molar-refractivity contribution in [3.8, 4) is 0 Å². The molecule has 1 aromatic carbocycles. The molecule has 0 saturated carbocycles. The second-order valence-electron chi connectivity index (χ2n) is 6.60. The number of fused-ring (bicyclic) bond motifs is 1. The van der Waals surface area contributed by atoms with Crippen molar-refractivity contribution in [1.29, 1.82) is 0 Å². The molecule has 2 amide bonds. The van der Waals surface area contributed by atoms with E-state index in [1.807, 2.05) is 44.2 Å². The van der Waals surface area contributed by atoms with E-state index in [0.29, 0.717) is 17.6 Å². The third-order valence-corrected chi connectivity index (χ3v) is 4.76. The number of rotatable bonds is 3. The highest BCUT2D eigenvalue weighted by atomic mass is 16.2. The van der Waals surface area contributed by atoms with E-state index >= 15 is 0 Å². The van der Waals surface area contributed by atoms with Gasteiger partial charge in [-0.1, -0.05) is 18.2 Å². The van der Waals surface area contributed by atoms with Gasteiger partial charge in [0.25, 0.3) is 5.91 Å². The standard InChI is InChI=1S/C19H19N5O2/c1-11-8-16(19(26)24(11)14-6-4-3-5-7-14)21-18(25)13-9-15-12(2)22-23-17(15)20-10-13/h3-7,9-11,16H,8H2,1-2H3,(H,21,25)(H,20,22,23)/t11-,16+/m0/s1. The first-order valence-corrected chi connectivity index (χ1v) is 8.54. The van der Waals surface area contributed by atoms with Crippen LogP contribution in [-0.2, 0) is 4.79 Å². The van der Waals surface area contributed by atoms with Gasteiger partial charge in [0.1, 0.15) is 6.04 Å². The highest BCUT2D eigenvalue weighted by molar-refractivity contribution is 6.05. The minimum absolute atomic E-state index is 0.0203. The smallest absolute Gasteiger partial charge is 0.253 e. The Bertz CT molecular complexity index is 982. The zero-order valence-corrected chi connectivity index (χ0v) is 14.6. The molecule has 0 bridgehead atoms. The number of benzene rings is 1. The lowest BCUT2D eigenvalue weighted by Gasteiger charge is -2.21. The van der Waals surface area contributed by atoms with E-state index in [-0.39, 0.29) is 17.9 Å². The average Bonchev–Trinajstić information content (AvgIpc) is 3.15. The largest absolute Gasteiger partial charge is 0.340 e. The van der Waals surface area contributed by atoms with Crippen LogP contribution in [0, 0.1) is 6.92 Å². The van der Waals surface area contributed by atoms with E-state index in [0.717, 1.165) is 16.8 Å². The van der Waals surface area contributed by atoms with Gasteiger partial charge < -0.3 is 10.2 Å². The molecule has 26 heavy (non-hydrogen) atoms. The first kappa shape index (κ1) is 16.3. The molecule has 3 heterocycles. The zero-order valence-electron chi connectivity index (χ0n) is 14.6. The predicted molar refractivity (Wildman–Crippen MR) is 97.9 cm³/mol. The lowest BCUT2D eigenvalue weighted by molar-refractivity contribution is -0.118. The summed E-state index contributed by atoms with van der Waals surface area (Å²) in [7, 11) is 0. The maximum atomic E-state index is 12.8. The summed E-state index contributed by atoms with van der Waals surface area (Å²) in [4.78, 5) is 31.3. The fourth-order valence-corrected chi connectivity index (χ4v) is 3.41. The molecule has 1 fully saturated rings. The Morgan fingerprint density at radius 3 is 2.85 bits per heavy atom.